The van der Waals surface area contributed by atoms with Crippen molar-refractivity contribution >= 4 is 17.5 Å². The summed E-state index contributed by atoms with van der Waals surface area (Å²) >= 11 is 0. The summed E-state index contributed by atoms with van der Waals surface area (Å²) in [7, 11) is 0. The van der Waals surface area contributed by atoms with E-state index in [1.165, 1.54) is 0 Å². The van der Waals surface area contributed by atoms with E-state index >= 15 is 0 Å². The summed E-state index contributed by atoms with van der Waals surface area (Å²) in [6.07, 6.45) is 2.34. The first kappa shape index (κ1) is 14.9. The van der Waals surface area contributed by atoms with E-state index in [9.17, 15) is 9.59 Å². The summed E-state index contributed by atoms with van der Waals surface area (Å²) in [6, 6.07) is 7.73. The summed E-state index contributed by atoms with van der Waals surface area (Å²) < 4.78 is 5.00. The largest absolute Gasteiger partial charge is 0.353 e. The maximum Gasteiger partial charge on any atom is 0.227 e. The number of carbonyl (C=O) groups excluding carboxylic acids is 2. The van der Waals surface area contributed by atoms with Gasteiger partial charge in [-0.3, -0.25) is 9.59 Å². The van der Waals surface area contributed by atoms with Crippen molar-refractivity contribution in [1.29, 1.82) is 0 Å². The van der Waals surface area contributed by atoms with Crippen LogP contribution in [0.4, 0.5) is 5.69 Å². The van der Waals surface area contributed by atoms with Crippen LogP contribution in [-0.2, 0) is 9.59 Å². The van der Waals surface area contributed by atoms with E-state index in [0.717, 1.165) is 24.1 Å². The number of aryl methyl sites for hydroxylation is 1. The molecule has 24 heavy (non-hydrogen) atoms. The van der Waals surface area contributed by atoms with E-state index in [-0.39, 0.29) is 24.2 Å². The van der Waals surface area contributed by atoms with Crippen LogP contribution in [0.15, 0.2) is 28.8 Å². The normalized spacial score (nSPS) is 20.5. The monoisotopic (exact) mass is 326 g/mol. The lowest BCUT2D eigenvalue weighted by Crippen LogP contribution is -2.34. The fraction of sp³-hybridized carbons (Fsp3) is 0.412. The van der Waals surface area contributed by atoms with Crippen LogP contribution < -0.4 is 10.2 Å². The number of amides is 2. The Balaban J connectivity index is 1.53. The molecule has 4 rings (SSSR count). The summed E-state index contributed by atoms with van der Waals surface area (Å²) in [5.41, 5.74) is 1.53. The first-order valence-corrected chi connectivity index (χ1v) is 8.11. The van der Waals surface area contributed by atoms with Crippen molar-refractivity contribution in [2.75, 3.05) is 11.4 Å². The molecule has 2 heterocycles. The van der Waals surface area contributed by atoms with Crippen molar-refractivity contribution < 1.29 is 14.1 Å². The fourth-order valence-corrected chi connectivity index (χ4v) is 2.91. The van der Waals surface area contributed by atoms with E-state index in [1.807, 2.05) is 24.3 Å². The van der Waals surface area contributed by atoms with Crippen LogP contribution in [0.3, 0.4) is 0 Å². The van der Waals surface area contributed by atoms with Crippen molar-refractivity contribution in [2.45, 2.75) is 32.2 Å². The summed E-state index contributed by atoms with van der Waals surface area (Å²) in [5, 5.41) is 6.88. The lowest BCUT2D eigenvalue weighted by molar-refractivity contribution is -0.126. The Morgan fingerprint density at radius 1 is 1.38 bits per heavy atom. The molecule has 1 atom stereocenters. The van der Waals surface area contributed by atoms with Gasteiger partial charge in [0.1, 0.15) is 0 Å². The van der Waals surface area contributed by atoms with Crippen molar-refractivity contribution in [3.63, 3.8) is 0 Å². The summed E-state index contributed by atoms with van der Waals surface area (Å²) in [4.78, 5) is 30.4. The first-order valence-electron chi connectivity index (χ1n) is 8.11. The molecule has 0 unspecified atom stereocenters. The van der Waals surface area contributed by atoms with E-state index in [4.69, 9.17) is 4.52 Å². The number of benzene rings is 1. The van der Waals surface area contributed by atoms with Crippen LogP contribution in [0.5, 0.6) is 0 Å². The predicted octanol–water partition coefficient (Wildman–Crippen LogP) is 1.68. The molecule has 0 radical (unpaired) electrons. The molecule has 1 saturated heterocycles. The van der Waals surface area contributed by atoms with Gasteiger partial charge in [0.2, 0.25) is 23.5 Å². The molecule has 0 spiro atoms. The van der Waals surface area contributed by atoms with Crippen molar-refractivity contribution in [1.82, 2.24) is 15.5 Å². The molecular weight excluding hydrogens is 308 g/mol. The second-order valence-electron chi connectivity index (χ2n) is 6.38. The van der Waals surface area contributed by atoms with Gasteiger partial charge in [-0.2, -0.15) is 4.98 Å². The molecule has 7 nitrogen and oxygen atoms in total. The zero-order valence-corrected chi connectivity index (χ0v) is 13.4. The van der Waals surface area contributed by atoms with Crippen LogP contribution in [-0.4, -0.2) is 34.5 Å². The maximum atomic E-state index is 12.3. The van der Waals surface area contributed by atoms with E-state index in [1.54, 1.807) is 11.8 Å². The highest BCUT2D eigenvalue weighted by atomic mass is 16.5. The maximum absolute atomic E-state index is 12.3. The molecule has 1 saturated carbocycles. The lowest BCUT2D eigenvalue weighted by Gasteiger charge is -2.17. The highest BCUT2D eigenvalue weighted by Crippen LogP contribution is 2.29. The minimum absolute atomic E-state index is 0.0155. The number of nitrogens with zero attached hydrogens (tertiary/aromatic N) is 3. The van der Waals surface area contributed by atoms with Gasteiger partial charge in [0.05, 0.1) is 5.92 Å². The molecule has 2 aliphatic rings. The Hall–Kier alpha value is -2.70. The second-order valence-corrected chi connectivity index (χ2v) is 6.38. The minimum Gasteiger partial charge on any atom is -0.353 e. The van der Waals surface area contributed by atoms with Crippen LogP contribution in [0.25, 0.3) is 11.4 Å². The zero-order valence-electron chi connectivity index (χ0n) is 13.4. The molecule has 2 fully saturated rings. The molecule has 1 aliphatic heterocycles. The van der Waals surface area contributed by atoms with E-state index in [0.29, 0.717) is 24.3 Å². The Morgan fingerprint density at radius 3 is 2.92 bits per heavy atom. The number of rotatable bonds is 4. The van der Waals surface area contributed by atoms with Gasteiger partial charge in [-0.25, -0.2) is 0 Å². The van der Waals surface area contributed by atoms with Gasteiger partial charge >= 0.3 is 0 Å². The fourth-order valence-electron chi connectivity index (χ4n) is 2.91. The third-order valence-electron chi connectivity index (χ3n) is 4.36. The Labute approximate surface area is 139 Å². The standard InChI is InChI=1S/C17H18N4O3/c1-10-18-16(20-24-10)11-3-2-4-14(7-11)21-9-12(8-15(21)22)17(23)19-13-5-6-13/h2-4,7,12-13H,5-6,8-9H2,1H3,(H,19,23)/t12-/m1/s1. The highest BCUT2D eigenvalue weighted by Gasteiger charge is 2.37. The molecule has 1 aliphatic carbocycles. The van der Waals surface area contributed by atoms with Gasteiger partial charge in [-0.05, 0) is 25.0 Å². The van der Waals surface area contributed by atoms with Crippen molar-refractivity contribution in [2.24, 2.45) is 5.92 Å². The molecule has 2 aromatic rings. The quantitative estimate of drug-likeness (QED) is 0.923. The van der Waals surface area contributed by atoms with Gasteiger partial charge < -0.3 is 14.7 Å². The lowest BCUT2D eigenvalue weighted by atomic mass is 10.1. The van der Waals surface area contributed by atoms with Crippen molar-refractivity contribution in [3.8, 4) is 11.4 Å². The van der Waals surface area contributed by atoms with Gasteiger partial charge in [-0.1, -0.05) is 17.3 Å². The number of carbonyl (C=O) groups is 2. The average Bonchev–Trinajstić information content (AvgIpc) is 3.13. The molecule has 1 N–H and O–H groups in total. The number of nitrogens with one attached hydrogen (secondary N) is 1. The minimum atomic E-state index is -0.283. The molecule has 124 valence electrons. The second kappa shape index (κ2) is 5.74. The van der Waals surface area contributed by atoms with Gasteiger partial charge in [0.15, 0.2) is 0 Å². The zero-order chi connectivity index (χ0) is 16.7. The summed E-state index contributed by atoms with van der Waals surface area (Å²) in [5.74, 6) is 0.647. The molecule has 7 heteroatoms. The SMILES string of the molecule is Cc1nc(-c2cccc(N3C[C@H](C(=O)NC4CC4)CC3=O)c2)no1. The van der Waals surface area contributed by atoms with Crippen LogP contribution in [0.1, 0.15) is 25.2 Å². The smallest absolute Gasteiger partial charge is 0.227 e. The first-order chi connectivity index (χ1) is 11.6. The van der Waals surface area contributed by atoms with Gasteiger partial charge in [0, 0.05) is 37.2 Å². The van der Waals surface area contributed by atoms with Gasteiger partial charge in [0.25, 0.3) is 0 Å². The molecular formula is C17H18N4O3. The molecule has 1 aromatic carbocycles. The Kier molecular flexibility index (Phi) is 3.55. The third-order valence-corrected chi connectivity index (χ3v) is 4.36. The van der Waals surface area contributed by atoms with Crippen LogP contribution >= 0.6 is 0 Å². The van der Waals surface area contributed by atoms with Crippen LogP contribution in [0.2, 0.25) is 0 Å². The van der Waals surface area contributed by atoms with E-state index < -0.39 is 0 Å². The molecule has 2 amide bonds. The topological polar surface area (TPSA) is 88.3 Å². The average molecular weight is 326 g/mol. The van der Waals surface area contributed by atoms with Crippen LogP contribution in [0, 0.1) is 12.8 Å². The predicted molar refractivity (Wildman–Crippen MR) is 86.1 cm³/mol. The van der Waals surface area contributed by atoms with Crippen molar-refractivity contribution in [3.05, 3.63) is 30.2 Å². The number of hydrogen-bond donors (Lipinski definition) is 1. The Morgan fingerprint density at radius 2 is 2.21 bits per heavy atom. The third kappa shape index (κ3) is 2.89. The summed E-state index contributed by atoms with van der Waals surface area (Å²) in [6.45, 7) is 2.14. The Bertz CT molecular complexity index is 797. The molecule has 1 aromatic heterocycles. The van der Waals surface area contributed by atoms with E-state index in [2.05, 4.69) is 15.5 Å². The number of hydrogen-bond acceptors (Lipinski definition) is 5. The van der Waals surface area contributed by atoms with Gasteiger partial charge in [-0.15, -0.1) is 0 Å². The highest BCUT2D eigenvalue weighted by molar-refractivity contribution is 6.00. The number of aromatic nitrogens is 2. The number of anilines is 1. The molecule has 0 bridgehead atoms.